The summed E-state index contributed by atoms with van der Waals surface area (Å²) in [6.07, 6.45) is 1.45. The average molecular weight is 391 g/mol. The molecular formula is C21H15ClN4O2. The molecule has 0 saturated heterocycles. The highest BCUT2D eigenvalue weighted by Gasteiger charge is 2.09. The van der Waals surface area contributed by atoms with Gasteiger partial charge in [0.15, 0.2) is 11.6 Å². The number of aromatic hydroxyl groups is 2. The molecule has 0 spiro atoms. The van der Waals surface area contributed by atoms with E-state index in [0.717, 1.165) is 16.5 Å². The van der Waals surface area contributed by atoms with Gasteiger partial charge in [0.05, 0.1) is 11.7 Å². The first-order valence-electron chi connectivity index (χ1n) is 8.44. The molecule has 0 amide bonds. The van der Waals surface area contributed by atoms with Gasteiger partial charge in [-0.15, -0.1) is 0 Å². The number of aromatic nitrogens is 2. The minimum absolute atomic E-state index is 0.0167. The Morgan fingerprint density at radius 2 is 1.71 bits per heavy atom. The maximum absolute atomic E-state index is 9.86. The average Bonchev–Trinajstić information content (AvgIpc) is 2.70. The molecule has 0 unspecified atom stereocenters. The summed E-state index contributed by atoms with van der Waals surface area (Å²) in [5, 5.41) is 24.9. The highest BCUT2D eigenvalue weighted by Crippen LogP contribution is 2.26. The van der Waals surface area contributed by atoms with Crippen LogP contribution in [-0.2, 0) is 0 Å². The maximum Gasteiger partial charge on any atom is 0.162 e. The Kier molecular flexibility index (Phi) is 4.78. The Hall–Kier alpha value is -3.64. The van der Waals surface area contributed by atoms with Crippen LogP contribution in [0.3, 0.4) is 0 Å². The van der Waals surface area contributed by atoms with E-state index in [0.29, 0.717) is 22.2 Å². The third kappa shape index (κ3) is 3.72. The molecule has 3 aromatic carbocycles. The van der Waals surface area contributed by atoms with Gasteiger partial charge in [-0.1, -0.05) is 23.7 Å². The largest absolute Gasteiger partial charge is 0.508 e. The van der Waals surface area contributed by atoms with Crippen molar-refractivity contribution in [1.82, 2.24) is 9.97 Å². The number of halogens is 1. The molecule has 0 radical (unpaired) electrons. The van der Waals surface area contributed by atoms with Crippen molar-refractivity contribution in [3.63, 3.8) is 0 Å². The number of benzene rings is 3. The van der Waals surface area contributed by atoms with Crippen LogP contribution in [0.15, 0.2) is 71.8 Å². The molecule has 4 aromatic rings. The van der Waals surface area contributed by atoms with Crippen LogP contribution < -0.4 is 5.43 Å². The number of hydrazone groups is 1. The van der Waals surface area contributed by atoms with Crippen molar-refractivity contribution >= 4 is 34.5 Å². The quantitative estimate of drug-likeness (QED) is 0.343. The van der Waals surface area contributed by atoms with E-state index in [1.54, 1.807) is 18.2 Å². The molecule has 0 aliphatic carbocycles. The molecule has 138 valence electrons. The Morgan fingerprint density at radius 3 is 2.50 bits per heavy atom. The lowest BCUT2D eigenvalue weighted by Gasteiger charge is -2.08. The normalized spacial score (nSPS) is 11.2. The molecule has 3 N–H and O–H groups in total. The van der Waals surface area contributed by atoms with Gasteiger partial charge in [0, 0.05) is 27.6 Å². The van der Waals surface area contributed by atoms with E-state index < -0.39 is 0 Å². The number of nitrogens with one attached hydrogen (secondary N) is 1. The molecule has 0 bridgehead atoms. The zero-order valence-corrected chi connectivity index (χ0v) is 15.3. The summed E-state index contributed by atoms with van der Waals surface area (Å²) in [6, 6.07) is 19.2. The van der Waals surface area contributed by atoms with Crippen LogP contribution in [0.5, 0.6) is 11.5 Å². The van der Waals surface area contributed by atoms with Crippen molar-refractivity contribution in [3.8, 4) is 22.9 Å². The number of para-hydroxylation sites is 1. The van der Waals surface area contributed by atoms with E-state index in [1.807, 2.05) is 36.4 Å². The van der Waals surface area contributed by atoms with E-state index in [-0.39, 0.29) is 11.5 Å². The monoisotopic (exact) mass is 390 g/mol. The molecule has 4 rings (SSSR count). The SMILES string of the molecule is Oc1ccc(/C=N\Nc2nc(-c3ccc(Cl)cc3)nc3ccccc23)c(O)c1. The Labute approximate surface area is 165 Å². The van der Waals surface area contributed by atoms with Gasteiger partial charge in [0.2, 0.25) is 0 Å². The summed E-state index contributed by atoms with van der Waals surface area (Å²) < 4.78 is 0. The van der Waals surface area contributed by atoms with Crippen molar-refractivity contribution in [1.29, 1.82) is 0 Å². The molecule has 1 heterocycles. The third-order valence-corrected chi connectivity index (χ3v) is 4.35. The minimum atomic E-state index is -0.0695. The van der Waals surface area contributed by atoms with Crippen LogP contribution in [0.1, 0.15) is 5.56 Å². The van der Waals surface area contributed by atoms with Gasteiger partial charge in [0.1, 0.15) is 11.5 Å². The minimum Gasteiger partial charge on any atom is -0.508 e. The van der Waals surface area contributed by atoms with E-state index in [1.165, 1.54) is 18.3 Å². The van der Waals surface area contributed by atoms with Crippen molar-refractivity contribution in [3.05, 3.63) is 77.3 Å². The first-order chi connectivity index (χ1) is 13.6. The standard InChI is InChI=1S/C21H15ClN4O2/c22-15-8-5-13(6-9-15)20-24-18-4-2-1-3-17(18)21(25-20)26-23-12-14-7-10-16(27)11-19(14)28/h1-12,27-28H,(H,24,25,26)/b23-12-. The lowest BCUT2D eigenvalue weighted by Crippen LogP contribution is -1.99. The van der Waals surface area contributed by atoms with Gasteiger partial charge in [-0.05, 0) is 48.5 Å². The fourth-order valence-electron chi connectivity index (χ4n) is 2.69. The maximum atomic E-state index is 9.86. The summed E-state index contributed by atoms with van der Waals surface area (Å²) >= 11 is 5.97. The number of phenols is 2. The number of hydrogen-bond donors (Lipinski definition) is 3. The summed E-state index contributed by atoms with van der Waals surface area (Å²) in [7, 11) is 0. The van der Waals surface area contributed by atoms with Crippen LogP contribution >= 0.6 is 11.6 Å². The van der Waals surface area contributed by atoms with E-state index in [4.69, 9.17) is 11.6 Å². The van der Waals surface area contributed by atoms with Crippen molar-refractivity contribution in [2.45, 2.75) is 0 Å². The van der Waals surface area contributed by atoms with Crippen LogP contribution in [0.25, 0.3) is 22.3 Å². The van der Waals surface area contributed by atoms with Crippen LogP contribution in [-0.4, -0.2) is 26.4 Å². The summed E-state index contributed by atoms with van der Waals surface area (Å²) in [4.78, 5) is 9.20. The zero-order chi connectivity index (χ0) is 19.5. The molecule has 28 heavy (non-hydrogen) atoms. The van der Waals surface area contributed by atoms with Gasteiger partial charge < -0.3 is 10.2 Å². The van der Waals surface area contributed by atoms with Gasteiger partial charge >= 0.3 is 0 Å². The first kappa shape index (κ1) is 17.8. The molecule has 1 aromatic heterocycles. The molecular weight excluding hydrogens is 376 g/mol. The van der Waals surface area contributed by atoms with Gasteiger partial charge in [-0.2, -0.15) is 5.10 Å². The first-order valence-corrected chi connectivity index (χ1v) is 8.82. The molecule has 0 saturated carbocycles. The number of anilines is 1. The van der Waals surface area contributed by atoms with Gasteiger partial charge in [-0.25, -0.2) is 9.97 Å². The van der Waals surface area contributed by atoms with Gasteiger partial charge in [0.25, 0.3) is 0 Å². The highest BCUT2D eigenvalue weighted by molar-refractivity contribution is 6.30. The number of rotatable bonds is 4. The third-order valence-electron chi connectivity index (χ3n) is 4.09. The Balaban J connectivity index is 1.71. The fraction of sp³-hybridized carbons (Fsp3) is 0. The van der Waals surface area contributed by atoms with Crippen LogP contribution in [0, 0.1) is 0 Å². The van der Waals surface area contributed by atoms with Crippen molar-refractivity contribution < 1.29 is 10.2 Å². The van der Waals surface area contributed by atoms with E-state index in [2.05, 4.69) is 20.5 Å². The topological polar surface area (TPSA) is 90.6 Å². The van der Waals surface area contributed by atoms with Crippen molar-refractivity contribution in [2.75, 3.05) is 5.43 Å². The van der Waals surface area contributed by atoms with E-state index >= 15 is 0 Å². The van der Waals surface area contributed by atoms with Crippen molar-refractivity contribution in [2.24, 2.45) is 5.10 Å². The number of phenolic OH excluding ortho intramolecular Hbond substituents is 2. The molecule has 0 aliphatic rings. The zero-order valence-electron chi connectivity index (χ0n) is 14.5. The summed E-state index contributed by atoms with van der Waals surface area (Å²) in [5.74, 6) is 0.988. The predicted molar refractivity (Wildman–Crippen MR) is 111 cm³/mol. The number of hydrogen-bond acceptors (Lipinski definition) is 6. The molecule has 0 aliphatic heterocycles. The van der Waals surface area contributed by atoms with Crippen LogP contribution in [0.2, 0.25) is 5.02 Å². The fourth-order valence-corrected chi connectivity index (χ4v) is 2.82. The lowest BCUT2D eigenvalue weighted by molar-refractivity contribution is 0.450. The second-order valence-corrected chi connectivity index (χ2v) is 6.47. The Bertz CT molecular complexity index is 1180. The molecule has 0 fully saturated rings. The molecule has 7 heteroatoms. The summed E-state index contributed by atoms with van der Waals surface area (Å²) in [6.45, 7) is 0. The molecule has 6 nitrogen and oxygen atoms in total. The predicted octanol–water partition coefficient (Wildman–Crippen LogP) is 4.81. The highest BCUT2D eigenvalue weighted by atomic mass is 35.5. The number of nitrogens with zero attached hydrogens (tertiary/aromatic N) is 3. The Morgan fingerprint density at radius 1 is 0.929 bits per heavy atom. The second-order valence-electron chi connectivity index (χ2n) is 6.03. The second kappa shape index (κ2) is 7.54. The molecule has 0 atom stereocenters. The van der Waals surface area contributed by atoms with Crippen LogP contribution in [0.4, 0.5) is 5.82 Å². The lowest BCUT2D eigenvalue weighted by atomic mass is 10.2. The summed E-state index contributed by atoms with van der Waals surface area (Å²) in [5.41, 5.74) is 4.98. The number of fused-ring (bicyclic) bond motifs is 1. The smallest absolute Gasteiger partial charge is 0.162 e. The van der Waals surface area contributed by atoms with E-state index in [9.17, 15) is 10.2 Å². The van der Waals surface area contributed by atoms with Gasteiger partial charge in [-0.3, -0.25) is 5.43 Å².